The maximum absolute atomic E-state index is 13.7. The van der Waals surface area contributed by atoms with Crippen molar-refractivity contribution in [1.82, 2.24) is 0 Å². The van der Waals surface area contributed by atoms with Crippen molar-refractivity contribution in [2.24, 2.45) is 0 Å². The molecule has 0 bridgehead atoms. The van der Waals surface area contributed by atoms with Gasteiger partial charge in [0.05, 0.1) is 10.6 Å². The zero-order valence-corrected chi connectivity index (χ0v) is 11.0. The van der Waals surface area contributed by atoms with E-state index in [-0.39, 0.29) is 10.6 Å². The van der Waals surface area contributed by atoms with E-state index in [0.717, 1.165) is 0 Å². The maximum Gasteiger partial charge on any atom is 0.197 e. The Labute approximate surface area is 114 Å². The molecule has 92 valence electrons. The van der Waals surface area contributed by atoms with E-state index < -0.39 is 11.6 Å². The summed E-state index contributed by atoms with van der Waals surface area (Å²) in [6, 6.07) is 8.99. The summed E-state index contributed by atoms with van der Waals surface area (Å²) in [6.07, 6.45) is 0. The van der Waals surface area contributed by atoms with E-state index in [1.807, 2.05) is 0 Å². The summed E-state index contributed by atoms with van der Waals surface area (Å²) in [6.45, 7) is 1.74. The largest absolute Gasteiger partial charge is 0.288 e. The van der Waals surface area contributed by atoms with Crippen LogP contribution in [0.25, 0.3) is 0 Å². The molecule has 0 aromatic heterocycles. The van der Waals surface area contributed by atoms with Crippen molar-refractivity contribution in [1.29, 1.82) is 0 Å². The van der Waals surface area contributed by atoms with Crippen molar-refractivity contribution < 1.29 is 9.18 Å². The van der Waals surface area contributed by atoms with Crippen LogP contribution in [-0.2, 0) is 0 Å². The predicted molar refractivity (Wildman–Crippen MR) is 71.0 cm³/mol. The number of carbonyl (C=O) groups excluding carboxylic acids is 1. The van der Waals surface area contributed by atoms with Crippen LogP contribution >= 0.6 is 23.2 Å². The number of hydrogen-bond donors (Lipinski definition) is 0. The zero-order chi connectivity index (χ0) is 13.3. The van der Waals surface area contributed by atoms with Crippen LogP contribution in [0.1, 0.15) is 21.5 Å². The maximum atomic E-state index is 13.7. The van der Waals surface area contributed by atoms with Gasteiger partial charge >= 0.3 is 0 Å². The molecule has 0 N–H and O–H groups in total. The Morgan fingerprint density at radius 3 is 2.50 bits per heavy atom. The lowest BCUT2D eigenvalue weighted by Gasteiger charge is -2.08. The highest BCUT2D eigenvalue weighted by atomic mass is 35.5. The molecule has 4 heteroatoms. The molecule has 0 radical (unpaired) electrons. The van der Waals surface area contributed by atoms with Crippen LogP contribution in [0.5, 0.6) is 0 Å². The number of hydrogen-bond acceptors (Lipinski definition) is 1. The molecule has 1 nitrogen and oxygen atoms in total. The summed E-state index contributed by atoms with van der Waals surface area (Å²) >= 11 is 11.7. The van der Waals surface area contributed by atoms with Gasteiger partial charge in [-0.2, -0.15) is 0 Å². The average Bonchev–Trinajstić information content (AvgIpc) is 2.28. The van der Waals surface area contributed by atoms with Gasteiger partial charge in [0, 0.05) is 10.6 Å². The zero-order valence-electron chi connectivity index (χ0n) is 9.51. The van der Waals surface area contributed by atoms with Gasteiger partial charge in [0.1, 0.15) is 5.82 Å². The smallest absolute Gasteiger partial charge is 0.197 e. The monoisotopic (exact) mass is 282 g/mol. The first-order chi connectivity index (χ1) is 8.50. The normalized spacial score (nSPS) is 10.4. The number of aryl methyl sites for hydroxylation is 1. The Kier molecular flexibility index (Phi) is 3.69. The Bertz CT molecular complexity index is 603. The quantitative estimate of drug-likeness (QED) is 0.732. The van der Waals surface area contributed by atoms with Gasteiger partial charge in [-0.1, -0.05) is 29.3 Å². The molecule has 0 spiro atoms. The molecule has 0 heterocycles. The molecule has 0 fully saturated rings. The molecule has 2 rings (SSSR count). The minimum Gasteiger partial charge on any atom is -0.288 e. The molecular weight excluding hydrogens is 274 g/mol. The van der Waals surface area contributed by atoms with Crippen LogP contribution < -0.4 is 0 Å². The van der Waals surface area contributed by atoms with Gasteiger partial charge in [-0.25, -0.2) is 4.39 Å². The Hall–Kier alpha value is -1.38. The van der Waals surface area contributed by atoms with Crippen LogP contribution in [0.3, 0.4) is 0 Å². The predicted octanol–water partition coefficient (Wildman–Crippen LogP) is 4.67. The molecule has 0 atom stereocenters. The fraction of sp³-hybridized carbons (Fsp3) is 0.0714. The van der Waals surface area contributed by atoms with Crippen molar-refractivity contribution in [3.8, 4) is 0 Å². The second-order valence-corrected chi connectivity index (χ2v) is 4.73. The first kappa shape index (κ1) is 13.1. The molecule has 0 amide bonds. The lowest BCUT2D eigenvalue weighted by molar-refractivity contribution is 0.103. The summed E-state index contributed by atoms with van der Waals surface area (Å²) in [5.41, 5.74) is 0.975. The second-order valence-electron chi connectivity index (χ2n) is 3.89. The van der Waals surface area contributed by atoms with Gasteiger partial charge in [0.25, 0.3) is 0 Å². The van der Waals surface area contributed by atoms with E-state index in [1.165, 1.54) is 18.2 Å². The second kappa shape index (κ2) is 5.09. The summed E-state index contributed by atoms with van der Waals surface area (Å²) in [4.78, 5) is 12.3. The van der Waals surface area contributed by atoms with Gasteiger partial charge in [0.2, 0.25) is 0 Å². The molecular formula is C14H9Cl2FO. The van der Waals surface area contributed by atoms with Crippen LogP contribution in [-0.4, -0.2) is 5.78 Å². The lowest BCUT2D eigenvalue weighted by Crippen LogP contribution is -2.07. The number of carbonyl (C=O) groups is 1. The number of ketones is 1. The summed E-state index contributed by atoms with van der Waals surface area (Å²) < 4.78 is 13.7. The van der Waals surface area contributed by atoms with Crippen LogP contribution in [0.15, 0.2) is 36.4 Å². The van der Waals surface area contributed by atoms with Gasteiger partial charge in [-0.05, 0) is 42.8 Å². The van der Waals surface area contributed by atoms with Crippen LogP contribution in [0, 0.1) is 12.7 Å². The lowest BCUT2D eigenvalue weighted by atomic mass is 9.99. The number of halogens is 3. The van der Waals surface area contributed by atoms with E-state index in [1.54, 1.807) is 25.1 Å². The third-order valence-corrected chi connectivity index (χ3v) is 3.17. The SMILES string of the molecule is Cc1cc(Cl)ccc1C(=O)c1c(F)cccc1Cl. The molecule has 0 aliphatic heterocycles. The third kappa shape index (κ3) is 2.40. The molecule has 18 heavy (non-hydrogen) atoms. The summed E-state index contributed by atoms with van der Waals surface area (Å²) in [7, 11) is 0. The minimum atomic E-state index is -0.623. The number of benzene rings is 2. The molecule has 2 aromatic rings. The Balaban J connectivity index is 2.55. The van der Waals surface area contributed by atoms with Crippen molar-refractivity contribution in [3.05, 3.63) is 69.0 Å². The van der Waals surface area contributed by atoms with Crippen molar-refractivity contribution >= 4 is 29.0 Å². The molecule has 0 unspecified atom stereocenters. The highest BCUT2D eigenvalue weighted by Crippen LogP contribution is 2.25. The van der Waals surface area contributed by atoms with Crippen LogP contribution in [0.2, 0.25) is 10.0 Å². The summed E-state index contributed by atoms with van der Waals surface area (Å²) in [5.74, 6) is -1.06. The summed E-state index contributed by atoms with van der Waals surface area (Å²) in [5, 5.41) is 0.637. The molecule has 0 aliphatic rings. The first-order valence-corrected chi connectivity index (χ1v) is 6.01. The molecule has 2 aromatic carbocycles. The van der Waals surface area contributed by atoms with E-state index in [9.17, 15) is 9.18 Å². The fourth-order valence-electron chi connectivity index (χ4n) is 1.73. The molecule has 0 saturated carbocycles. The van der Waals surface area contributed by atoms with Crippen molar-refractivity contribution in [3.63, 3.8) is 0 Å². The van der Waals surface area contributed by atoms with E-state index in [2.05, 4.69) is 0 Å². The molecule has 0 aliphatic carbocycles. The standard InChI is InChI=1S/C14H9Cl2FO/c1-8-7-9(15)5-6-10(8)14(18)13-11(16)3-2-4-12(13)17/h2-7H,1H3. The van der Waals surface area contributed by atoms with Gasteiger partial charge in [-0.3, -0.25) is 4.79 Å². The number of rotatable bonds is 2. The van der Waals surface area contributed by atoms with E-state index >= 15 is 0 Å². The third-order valence-electron chi connectivity index (χ3n) is 2.62. The van der Waals surface area contributed by atoms with Gasteiger partial charge in [0.15, 0.2) is 5.78 Å². The van der Waals surface area contributed by atoms with Crippen molar-refractivity contribution in [2.75, 3.05) is 0 Å². The minimum absolute atomic E-state index is 0.106. The van der Waals surface area contributed by atoms with Gasteiger partial charge in [-0.15, -0.1) is 0 Å². The topological polar surface area (TPSA) is 17.1 Å². The molecule has 0 saturated heterocycles. The van der Waals surface area contributed by atoms with E-state index in [0.29, 0.717) is 16.1 Å². The van der Waals surface area contributed by atoms with Crippen LogP contribution in [0.4, 0.5) is 4.39 Å². The first-order valence-electron chi connectivity index (χ1n) is 5.25. The highest BCUT2D eigenvalue weighted by Gasteiger charge is 2.19. The Morgan fingerprint density at radius 1 is 1.17 bits per heavy atom. The highest BCUT2D eigenvalue weighted by molar-refractivity contribution is 6.35. The fourth-order valence-corrected chi connectivity index (χ4v) is 2.21. The Morgan fingerprint density at radius 2 is 1.89 bits per heavy atom. The van der Waals surface area contributed by atoms with Crippen molar-refractivity contribution in [2.45, 2.75) is 6.92 Å². The van der Waals surface area contributed by atoms with E-state index in [4.69, 9.17) is 23.2 Å². The van der Waals surface area contributed by atoms with Gasteiger partial charge < -0.3 is 0 Å². The average molecular weight is 283 g/mol.